The summed E-state index contributed by atoms with van der Waals surface area (Å²) in [5.41, 5.74) is 2.28. The maximum atomic E-state index is 12.8. The molecule has 3 rings (SSSR count). The molecule has 2 aromatic heterocycles. The average Bonchev–Trinajstić information content (AvgIpc) is 3.31. The number of aryl methyl sites for hydroxylation is 2. The molecule has 0 aliphatic carbocycles. The van der Waals surface area contributed by atoms with Gasteiger partial charge in [0, 0.05) is 17.3 Å². The van der Waals surface area contributed by atoms with E-state index in [2.05, 4.69) is 16.3 Å². The summed E-state index contributed by atoms with van der Waals surface area (Å²) in [5, 5.41) is 17.8. The Balaban J connectivity index is 1.70. The molecule has 0 fully saturated rings. The summed E-state index contributed by atoms with van der Waals surface area (Å²) in [7, 11) is 0. The van der Waals surface area contributed by atoms with E-state index in [1.54, 1.807) is 36.3 Å². The number of hydrogen-bond acceptors (Lipinski definition) is 7. The fraction of sp³-hybridized carbons (Fsp3) is 0.263. The van der Waals surface area contributed by atoms with Gasteiger partial charge in [-0.15, -0.1) is 10.2 Å². The monoisotopic (exact) mass is 416 g/mol. The number of thioether (sulfide) groups is 1. The van der Waals surface area contributed by atoms with Crippen molar-refractivity contribution in [1.82, 2.24) is 10.2 Å². The number of aromatic nitrogens is 2. The summed E-state index contributed by atoms with van der Waals surface area (Å²) in [5.74, 6) is 0.952. The van der Waals surface area contributed by atoms with Crippen LogP contribution in [0.1, 0.15) is 17.7 Å². The van der Waals surface area contributed by atoms with E-state index in [1.165, 1.54) is 0 Å². The Morgan fingerprint density at radius 1 is 1.32 bits per heavy atom. The van der Waals surface area contributed by atoms with Gasteiger partial charge in [-0.1, -0.05) is 23.4 Å². The number of benzene rings is 1. The van der Waals surface area contributed by atoms with Crippen molar-refractivity contribution in [2.75, 3.05) is 17.2 Å². The molecule has 0 bridgehead atoms. The molecule has 144 valence electrons. The Morgan fingerprint density at radius 2 is 2.14 bits per heavy atom. The number of rotatable bonds is 7. The molecule has 9 heteroatoms. The molecule has 0 aliphatic rings. The zero-order valence-corrected chi connectivity index (χ0v) is 16.9. The lowest BCUT2D eigenvalue weighted by atomic mass is 10.2. The third kappa shape index (κ3) is 4.55. The van der Waals surface area contributed by atoms with E-state index in [1.807, 2.05) is 13.0 Å². The Bertz CT molecular complexity index is 1020. The SMILES string of the molecule is Cc1cc(N(CCC#N)C(=O)CSc2nnc(-c3ccoc3C)o2)ccc1Cl. The van der Waals surface area contributed by atoms with Crippen molar-refractivity contribution in [2.24, 2.45) is 0 Å². The summed E-state index contributed by atoms with van der Waals surface area (Å²) in [4.78, 5) is 14.3. The minimum absolute atomic E-state index is 0.0963. The maximum Gasteiger partial charge on any atom is 0.277 e. The van der Waals surface area contributed by atoms with Crippen LogP contribution in [0.5, 0.6) is 0 Å². The van der Waals surface area contributed by atoms with E-state index < -0.39 is 0 Å². The van der Waals surface area contributed by atoms with Gasteiger partial charge in [0.25, 0.3) is 11.1 Å². The quantitative estimate of drug-likeness (QED) is 0.517. The van der Waals surface area contributed by atoms with Crippen LogP contribution in [0.4, 0.5) is 5.69 Å². The lowest BCUT2D eigenvalue weighted by Crippen LogP contribution is -2.33. The minimum atomic E-state index is -0.166. The molecule has 0 atom stereocenters. The van der Waals surface area contributed by atoms with Crippen LogP contribution in [0.3, 0.4) is 0 Å². The number of furan rings is 1. The number of hydrogen-bond donors (Lipinski definition) is 0. The molecular weight excluding hydrogens is 400 g/mol. The van der Waals surface area contributed by atoms with Crippen LogP contribution in [0, 0.1) is 25.2 Å². The number of carbonyl (C=O) groups is 1. The highest BCUT2D eigenvalue weighted by Gasteiger charge is 2.19. The molecular formula is C19H17ClN4O3S. The lowest BCUT2D eigenvalue weighted by molar-refractivity contribution is -0.116. The molecule has 0 unspecified atom stereocenters. The lowest BCUT2D eigenvalue weighted by Gasteiger charge is -2.22. The van der Waals surface area contributed by atoms with Crippen molar-refractivity contribution in [3.8, 4) is 17.5 Å². The molecule has 0 saturated heterocycles. The second-order valence-corrected chi connectivity index (χ2v) is 7.27. The fourth-order valence-corrected chi connectivity index (χ4v) is 3.30. The summed E-state index contributed by atoms with van der Waals surface area (Å²) < 4.78 is 10.8. The summed E-state index contributed by atoms with van der Waals surface area (Å²) in [6.07, 6.45) is 1.77. The summed E-state index contributed by atoms with van der Waals surface area (Å²) >= 11 is 7.22. The Hall–Kier alpha value is -2.76. The predicted molar refractivity (Wildman–Crippen MR) is 106 cm³/mol. The highest BCUT2D eigenvalue weighted by atomic mass is 35.5. The van der Waals surface area contributed by atoms with Crippen molar-refractivity contribution < 1.29 is 13.6 Å². The van der Waals surface area contributed by atoms with Crippen LogP contribution in [0.25, 0.3) is 11.5 Å². The van der Waals surface area contributed by atoms with Gasteiger partial charge in [-0.25, -0.2) is 0 Å². The molecule has 0 aliphatic heterocycles. The third-order valence-electron chi connectivity index (χ3n) is 4.02. The largest absolute Gasteiger partial charge is 0.469 e. The number of nitrogens with zero attached hydrogens (tertiary/aromatic N) is 4. The molecule has 7 nitrogen and oxygen atoms in total. The second-order valence-electron chi connectivity index (χ2n) is 5.94. The maximum absolute atomic E-state index is 12.8. The molecule has 1 amide bonds. The standard InChI is InChI=1S/C19H17ClN4O3S/c1-12-10-14(4-5-16(12)20)24(8-3-7-21)17(25)11-28-19-23-22-18(27-19)15-6-9-26-13(15)2/h4-6,9-10H,3,8,11H2,1-2H3. The van der Waals surface area contributed by atoms with Crippen molar-refractivity contribution in [1.29, 1.82) is 5.26 Å². The summed E-state index contributed by atoms with van der Waals surface area (Å²) in [6, 6.07) is 9.15. The van der Waals surface area contributed by atoms with Gasteiger partial charge < -0.3 is 13.7 Å². The van der Waals surface area contributed by atoms with Crippen molar-refractivity contribution in [3.05, 3.63) is 46.9 Å². The van der Waals surface area contributed by atoms with Gasteiger partial charge in [-0.2, -0.15) is 5.26 Å². The van der Waals surface area contributed by atoms with E-state index in [0.29, 0.717) is 28.9 Å². The Morgan fingerprint density at radius 3 is 2.82 bits per heavy atom. The van der Waals surface area contributed by atoms with Gasteiger partial charge in [-0.3, -0.25) is 4.79 Å². The highest BCUT2D eigenvalue weighted by molar-refractivity contribution is 7.99. The molecule has 0 saturated carbocycles. The van der Waals surface area contributed by atoms with Crippen LogP contribution in [-0.2, 0) is 4.79 Å². The highest BCUT2D eigenvalue weighted by Crippen LogP contribution is 2.27. The first-order chi connectivity index (χ1) is 13.5. The van der Waals surface area contributed by atoms with Crippen LogP contribution in [-0.4, -0.2) is 28.4 Å². The summed E-state index contributed by atoms with van der Waals surface area (Å²) in [6.45, 7) is 3.96. The normalized spacial score (nSPS) is 10.6. The molecule has 0 radical (unpaired) electrons. The second kappa shape index (κ2) is 8.95. The van der Waals surface area contributed by atoms with E-state index >= 15 is 0 Å². The first kappa shape index (κ1) is 20.0. The number of amides is 1. The molecule has 28 heavy (non-hydrogen) atoms. The molecule has 2 heterocycles. The van der Waals surface area contributed by atoms with Crippen molar-refractivity contribution >= 4 is 35.0 Å². The van der Waals surface area contributed by atoms with Gasteiger partial charge in [-0.05, 0) is 43.7 Å². The van der Waals surface area contributed by atoms with Crippen LogP contribution >= 0.6 is 23.4 Å². The zero-order valence-electron chi connectivity index (χ0n) is 15.3. The van der Waals surface area contributed by atoms with Crippen molar-refractivity contribution in [2.45, 2.75) is 25.5 Å². The number of carbonyl (C=O) groups excluding carboxylic acids is 1. The van der Waals surface area contributed by atoms with Crippen molar-refractivity contribution in [3.63, 3.8) is 0 Å². The Kier molecular flexibility index (Phi) is 6.39. The Labute approximate surface area is 171 Å². The first-order valence-electron chi connectivity index (χ1n) is 8.44. The van der Waals surface area contributed by atoms with Gasteiger partial charge in [0.15, 0.2) is 0 Å². The molecule has 1 aromatic carbocycles. The molecule has 3 aromatic rings. The zero-order chi connectivity index (χ0) is 20.1. The molecule has 0 N–H and O–H groups in total. The van der Waals surface area contributed by atoms with E-state index in [9.17, 15) is 4.79 Å². The van der Waals surface area contributed by atoms with Gasteiger partial charge in [0.05, 0.1) is 30.1 Å². The van der Waals surface area contributed by atoms with Crippen LogP contribution in [0.2, 0.25) is 5.02 Å². The van der Waals surface area contributed by atoms with Gasteiger partial charge >= 0.3 is 0 Å². The number of halogens is 1. The van der Waals surface area contributed by atoms with Gasteiger partial charge in [0.2, 0.25) is 5.91 Å². The first-order valence-corrected chi connectivity index (χ1v) is 9.80. The minimum Gasteiger partial charge on any atom is -0.469 e. The molecule has 0 spiro atoms. The van der Waals surface area contributed by atoms with E-state index in [-0.39, 0.29) is 23.3 Å². The van der Waals surface area contributed by atoms with Gasteiger partial charge in [0.1, 0.15) is 5.76 Å². The fourth-order valence-electron chi connectivity index (χ4n) is 2.54. The van der Waals surface area contributed by atoms with Crippen LogP contribution in [0.15, 0.2) is 44.6 Å². The van der Waals surface area contributed by atoms with E-state index in [4.69, 9.17) is 25.7 Å². The number of nitriles is 1. The smallest absolute Gasteiger partial charge is 0.277 e. The third-order valence-corrected chi connectivity index (χ3v) is 5.24. The van der Waals surface area contributed by atoms with E-state index in [0.717, 1.165) is 22.9 Å². The number of anilines is 1. The predicted octanol–water partition coefficient (Wildman–Crippen LogP) is 4.64. The average molecular weight is 417 g/mol. The van der Waals surface area contributed by atoms with Crippen LogP contribution < -0.4 is 4.90 Å². The topological polar surface area (TPSA) is 96.2 Å².